The van der Waals surface area contributed by atoms with Gasteiger partial charge in [0.2, 0.25) is 11.9 Å². The number of para-hydroxylation sites is 1. The van der Waals surface area contributed by atoms with E-state index < -0.39 is 24.0 Å². The van der Waals surface area contributed by atoms with Crippen molar-refractivity contribution in [1.82, 2.24) is 19.5 Å². The van der Waals surface area contributed by atoms with Gasteiger partial charge in [0.1, 0.15) is 12.3 Å². The van der Waals surface area contributed by atoms with E-state index in [1.807, 2.05) is 32.0 Å². The minimum atomic E-state index is -0.847. The van der Waals surface area contributed by atoms with Gasteiger partial charge in [-0.2, -0.15) is 4.98 Å². The topological polar surface area (TPSA) is 151 Å². The number of imidazole rings is 1. The summed E-state index contributed by atoms with van der Waals surface area (Å²) in [6, 6.07) is 5.88. The maximum atomic E-state index is 12.3. The summed E-state index contributed by atoms with van der Waals surface area (Å²) in [6.45, 7) is 3.60. The lowest BCUT2D eigenvalue weighted by Crippen LogP contribution is -2.24. The summed E-state index contributed by atoms with van der Waals surface area (Å²) in [5.41, 5.74) is 8.45. The Morgan fingerprint density at radius 1 is 1.36 bits per heavy atom. The number of ether oxygens (including phenoxy) is 1. The Bertz CT molecular complexity index is 1070. The molecule has 4 rings (SSSR count). The van der Waals surface area contributed by atoms with Crippen LogP contribution in [-0.4, -0.2) is 48.5 Å². The summed E-state index contributed by atoms with van der Waals surface area (Å²) in [5.74, 6) is 0.293. The van der Waals surface area contributed by atoms with Crippen molar-refractivity contribution in [3.8, 4) is 0 Å². The van der Waals surface area contributed by atoms with Crippen LogP contribution < -0.4 is 16.6 Å². The van der Waals surface area contributed by atoms with Crippen LogP contribution in [0.4, 0.5) is 17.6 Å². The minimum Gasteiger partial charge on any atom is -0.394 e. The molecule has 0 bridgehead atoms. The molecule has 1 fully saturated rings. The zero-order chi connectivity index (χ0) is 20.0. The number of fused-ring (bicyclic) bond motifs is 1. The normalized spacial score (nSPS) is 22.1. The fourth-order valence-corrected chi connectivity index (χ4v) is 3.52. The molecule has 10 heteroatoms. The molecule has 10 nitrogen and oxygen atoms in total. The van der Waals surface area contributed by atoms with E-state index in [1.165, 1.54) is 0 Å². The maximum Gasteiger partial charge on any atom is 0.280 e. The molecule has 0 amide bonds. The largest absolute Gasteiger partial charge is 0.394 e. The van der Waals surface area contributed by atoms with Gasteiger partial charge in [-0.25, -0.2) is 4.98 Å². The summed E-state index contributed by atoms with van der Waals surface area (Å²) in [7, 11) is 0. The number of aromatic amines is 1. The maximum absolute atomic E-state index is 12.3. The van der Waals surface area contributed by atoms with E-state index >= 15 is 0 Å². The van der Waals surface area contributed by atoms with Crippen molar-refractivity contribution < 1.29 is 14.9 Å². The molecular weight excluding hydrogens is 364 g/mol. The van der Waals surface area contributed by atoms with Crippen LogP contribution in [0, 0.1) is 13.8 Å². The molecule has 0 saturated carbocycles. The Kier molecular flexibility index (Phi) is 4.53. The van der Waals surface area contributed by atoms with Crippen LogP contribution in [0.1, 0.15) is 23.8 Å². The van der Waals surface area contributed by atoms with Gasteiger partial charge in [0.15, 0.2) is 11.2 Å². The number of aryl methyl sites for hydroxylation is 2. The van der Waals surface area contributed by atoms with Crippen LogP contribution >= 0.6 is 0 Å². The van der Waals surface area contributed by atoms with E-state index in [2.05, 4.69) is 20.3 Å². The molecular formula is C18H22N6O4. The molecule has 3 heterocycles. The number of nitrogens with two attached hydrogens (primary N) is 1. The number of rotatable bonds is 4. The van der Waals surface area contributed by atoms with Gasteiger partial charge in [0.05, 0.1) is 12.7 Å². The number of aliphatic hydroxyl groups excluding tert-OH is 2. The molecule has 3 unspecified atom stereocenters. The molecule has 148 valence electrons. The lowest BCUT2D eigenvalue weighted by Gasteiger charge is -2.18. The molecule has 3 atom stereocenters. The fourth-order valence-electron chi connectivity index (χ4n) is 3.52. The highest BCUT2D eigenvalue weighted by molar-refractivity contribution is 5.77. The molecule has 1 aliphatic heterocycles. The second-order valence-corrected chi connectivity index (χ2v) is 6.94. The van der Waals surface area contributed by atoms with Crippen LogP contribution in [0.3, 0.4) is 0 Å². The second-order valence-electron chi connectivity index (χ2n) is 6.94. The van der Waals surface area contributed by atoms with Gasteiger partial charge in [-0.3, -0.25) is 14.3 Å². The predicted octanol–water partition coefficient (Wildman–Crippen LogP) is 0.703. The third-order valence-electron chi connectivity index (χ3n) is 4.96. The number of hydrogen-bond acceptors (Lipinski definition) is 8. The van der Waals surface area contributed by atoms with Gasteiger partial charge in [-0.1, -0.05) is 18.2 Å². The quantitative estimate of drug-likeness (QED) is 0.439. The Morgan fingerprint density at radius 3 is 2.71 bits per heavy atom. The second kappa shape index (κ2) is 6.89. The number of aromatic nitrogens is 4. The first kappa shape index (κ1) is 18.4. The van der Waals surface area contributed by atoms with Crippen molar-refractivity contribution in [2.75, 3.05) is 17.7 Å². The van der Waals surface area contributed by atoms with E-state index in [9.17, 15) is 15.0 Å². The highest BCUT2D eigenvalue weighted by Crippen LogP contribution is 2.35. The van der Waals surface area contributed by atoms with E-state index in [4.69, 9.17) is 10.5 Å². The van der Waals surface area contributed by atoms with E-state index in [1.54, 1.807) is 4.57 Å². The number of benzene rings is 1. The number of aliphatic hydroxyl groups is 2. The Hall–Kier alpha value is -2.95. The van der Waals surface area contributed by atoms with Crippen LogP contribution in [0.25, 0.3) is 11.2 Å². The number of nitrogens with one attached hydrogen (secondary N) is 2. The van der Waals surface area contributed by atoms with Crippen molar-refractivity contribution in [2.24, 2.45) is 0 Å². The van der Waals surface area contributed by atoms with E-state index in [0.29, 0.717) is 5.95 Å². The molecule has 28 heavy (non-hydrogen) atoms. The highest BCUT2D eigenvalue weighted by Gasteiger charge is 2.37. The number of hydrogen-bond donors (Lipinski definition) is 5. The molecule has 0 aliphatic carbocycles. The third kappa shape index (κ3) is 3.01. The Balaban J connectivity index is 1.88. The predicted molar refractivity (Wildman–Crippen MR) is 103 cm³/mol. The van der Waals surface area contributed by atoms with Crippen molar-refractivity contribution in [3.05, 3.63) is 39.7 Å². The molecule has 6 N–H and O–H groups in total. The summed E-state index contributed by atoms with van der Waals surface area (Å²) in [4.78, 5) is 23.4. The van der Waals surface area contributed by atoms with Gasteiger partial charge in [-0.15, -0.1) is 0 Å². The van der Waals surface area contributed by atoms with Gasteiger partial charge in [0, 0.05) is 12.1 Å². The third-order valence-corrected chi connectivity index (χ3v) is 4.96. The first-order valence-electron chi connectivity index (χ1n) is 8.94. The van der Waals surface area contributed by atoms with Crippen LogP contribution in [-0.2, 0) is 4.74 Å². The van der Waals surface area contributed by atoms with Gasteiger partial charge in [-0.05, 0) is 25.0 Å². The SMILES string of the molecule is Cc1cccc(C)c1Nc1nc2c(=O)[nH]c(N)nc2n1C1CC(O)C(CO)O1. The van der Waals surface area contributed by atoms with Crippen LogP contribution in [0.15, 0.2) is 23.0 Å². The lowest BCUT2D eigenvalue weighted by atomic mass is 10.1. The average Bonchev–Trinajstić information content (AvgIpc) is 3.18. The number of anilines is 3. The molecule has 1 aliphatic rings. The van der Waals surface area contributed by atoms with Crippen molar-refractivity contribution in [3.63, 3.8) is 0 Å². The summed E-state index contributed by atoms with van der Waals surface area (Å²) < 4.78 is 7.39. The molecule has 2 aromatic heterocycles. The molecule has 1 aromatic carbocycles. The smallest absolute Gasteiger partial charge is 0.280 e. The Labute approximate surface area is 160 Å². The van der Waals surface area contributed by atoms with Crippen LogP contribution in [0.5, 0.6) is 0 Å². The standard InChI is InChI=1S/C18H22N6O4/c1-8-4-3-5-9(2)13(8)20-18-21-14-15(22-17(19)23-16(14)27)24(18)12-6-10(26)11(7-25)28-12/h3-5,10-12,25-26H,6-7H2,1-2H3,(H,20,21)(H3,19,22,23,27). The van der Waals surface area contributed by atoms with E-state index in [-0.39, 0.29) is 30.1 Å². The van der Waals surface area contributed by atoms with Gasteiger partial charge < -0.3 is 26.0 Å². The highest BCUT2D eigenvalue weighted by atomic mass is 16.5. The van der Waals surface area contributed by atoms with Gasteiger partial charge in [0.25, 0.3) is 5.56 Å². The number of nitrogen functional groups attached to an aromatic ring is 1. The minimum absolute atomic E-state index is 0.0467. The number of nitrogens with zero attached hydrogens (tertiary/aromatic N) is 3. The van der Waals surface area contributed by atoms with Crippen LogP contribution in [0.2, 0.25) is 0 Å². The van der Waals surface area contributed by atoms with Crippen molar-refractivity contribution in [1.29, 1.82) is 0 Å². The summed E-state index contributed by atoms with van der Waals surface area (Å²) in [5, 5.41) is 22.8. The molecule has 0 radical (unpaired) electrons. The first-order chi connectivity index (χ1) is 13.4. The van der Waals surface area contributed by atoms with Gasteiger partial charge >= 0.3 is 0 Å². The van der Waals surface area contributed by atoms with Crippen molar-refractivity contribution >= 4 is 28.7 Å². The zero-order valence-corrected chi connectivity index (χ0v) is 15.5. The first-order valence-corrected chi connectivity index (χ1v) is 8.94. The summed E-state index contributed by atoms with van der Waals surface area (Å²) >= 11 is 0. The number of H-pyrrole nitrogens is 1. The van der Waals surface area contributed by atoms with E-state index in [0.717, 1.165) is 16.8 Å². The molecule has 3 aromatic rings. The average molecular weight is 386 g/mol. The fraction of sp³-hybridized carbons (Fsp3) is 0.389. The lowest BCUT2D eigenvalue weighted by molar-refractivity contribution is -0.0425. The molecule has 1 saturated heterocycles. The summed E-state index contributed by atoms with van der Waals surface area (Å²) in [6.07, 6.45) is -2.03. The van der Waals surface area contributed by atoms with Crippen molar-refractivity contribution in [2.45, 2.75) is 38.7 Å². The molecule has 0 spiro atoms. The zero-order valence-electron chi connectivity index (χ0n) is 15.5. The monoisotopic (exact) mass is 386 g/mol. The Morgan fingerprint density at radius 2 is 2.07 bits per heavy atom.